The fourth-order valence-electron chi connectivity index (χ4n) is 2.17. The van der Waals surface area contributed by atoms with Crippen LogP contribution in [0.2, 0.25) is 0 Å². The Morgan fingerprint density at radius 1 is 1.26 bits per heavy atom. The highest BCUT2D eigenvalue weighted by Crippen LogP contribution is 2.28. The van der Waals surface area contributed by atoms with Gasteiger partial charge in [-0.05, 0) is 18.6 Å². The first kappa shape index (κ1) is 11.5. The predicted molar refractivity (Wildman–Crippen MR) is 75.8 cm³/mol. The molecule has 4 N–H and O–H groups in total. The van der Waals surface area contributed by atoms with E-state index in [1.807, 2.05) is 31.3 Å². The van der Waals surface area contributed by atoms with Crippen LogP contribution in [-0.2, 0) is 0 Å². The van der Waals surface area contributed by atoms with Crippen molar-refractivity contribution < 1.29 is 0 Å². The normalized spacial score (nSPS) is 10.8. The summed E-state index contributed by atoms with van der Waals surface area (Å²) in [6.07, 6.45) is 1.82. The Morgan fingerprint density at radius 2 is 2.11 bits per heavy atom. The van der Waals surface area contributed by atoms with Crippen LogP contribution in [0.3, 0.4) is 0 Å². The summed E-state index contributed by atoms with van der Waals surface area (Å²) in [7, 11) is 1.80. The number of fused-ring (bicyclic) bond motifs is 1. The van der Waals surface area contributed by atoms with Gasteiger partial charge in [-0.15, -0.1) is 0 Å². The lowest BCUT2D eigenvalue weighted by molar-refractivity contribution is 1.12. The summed E-state index contributed by atoms with van der Waals surface area (Å²) in [6, 6.07) is 5.88. The standard InChI is InChI=1S/C13H14N6/c1-7-8(3-4-10-9(7)6-16-19-10)11-5-12(15-2)18-13(14)17-11/h3-6H,1-2H3,(H,16,19)(H3,14,15,17,18). The molecule has 0 saturated carbocycles. The molecule has 0 aliphatic carbocycles. The van der Waals surface area contributed by atoms with Crippen LogP contribution in [0.5, 0.6) is 0 Å². The van der Waals surface area contributed by atoms with Gasteiger partial charge < -0.3 is 11.1 Å². The molecule has 0 fully saturated rings. The highest BCUT2D eigenvalue weighted by Gasteiger charge is 2.10. The van der Waals surface area contributed by atoms with Crippen molar-refractivity contribution in [2.24, 2.45) is 0 Å². The molecule has 0 radical (unpaired) electrons. The molecule has 2 heterocycles. The minimum absolute atomic E-state index is 0.258. The second-order valence-corrected chi connectivity index (χ2v) is 4.32. The number of anilines is 2. The third-order valence-electron chi connectivity index (χ3n) is 3.17. The Bertz CT molecular complexity index is 746. The maximum Gasteiger partial charge on any atom is 0.222 e. The van der Waals surface area contributed by atoms with Crippen LogP contribution in [0.1, 0.15) is 5.56 Å². The summed E-state index contributed by atoms with van der Waals surface area (Å²) in [4.78, 5) is 8.40. The van der Waals surface area contributed by atoms with E-state index < -0.39 is 0 Å². The van der Waals surface area contributed by atoms with Crippen LogP contribution >= 0.6 is 0 Å². The van der Waals surface area contributed by atoms with Gasteiger partial charge in [-0.1, -0.05) is 6.07 Å². The zero-order valence-electron chi connectivity index (χ0n) is 10.7. The molecule has 0 spiro atoms. The molecule has 0 amide bonds. The number of nitrogens with one attached hydrogen (secondary N) is 2. The lowest BCUT2D eigenvalue weighted by atomic mass is 10.0. The quantitative estimate of drug-likeness (QED) is 0.650. The minimum atomic E-state index is 0.258. The fourth-order valence-corrected chi connectivity index (χ4v) is 2.17. The van der Waals surface area contributed by atoms with E-state index in [1.165, 1.54) is 0 Å². The molecule has 96 valence electrons. The van der Waals surface area contributed by atoms with Crippen molar-refractivity contribution in [3.05, 3.63) is 30.0 Å². The molecule has 0 atom stereocenters. The summed E-state index contributed by atoms with van der Waals surface area (Å²) in [5, 5.41) is 11.1. The second kappa shape index (κ2) is 4.24. The van der Waals surface area contributed by atoms with Crippen molar-refractivity contribution in [1.29, 1.82) is 0 Å². The molecule has 3 rings (SSSR count). The number of aromatic amines is 1. The van der Waals surface area contributed by atoms with Crippen LogP contribution < -0.4 is 11.1 Å². The minimum Gasteiger partial charge on any atom is -0.373 e. The Balaban J connectivity index is 2.23. The van der Waals surface area contributed by atoms with E-state index in [2.05, 4.69) is 25.5 Å². The summed E-state index contributed by atoms with van der Waals surface area (Å²) >= 11 is 0. The smallest absolute Gasteiger partial charge is 0.222 e. The van der Waals surface area contributed by atoms with Gasteiger partial charge in [-0.2, -0.15) is 10.1 Å². The third-order valence-corrected chi connectivity index (χ3v) is 3.17. The average Bonchev–Trinajstić information content (AvgIpc) is 2.87. The van der Waals surface area contributed by atoms with E-state index in [0.717, 1.165) is 27.7 Å². The molecule has 2 aromatic heterocycles. The SMILES string of the molecule is CNc1cc(-c2ccc3[nH]ncc3c2C)nc(N)n1. The number of aryl methyl sites for hydroxylation is 1. The molecule has 6 heteroatoms. The van der Waals surface area contributed by atoms with Crippen molar-refractivity contribution in [3.8, 4) is 11.3 Å². The van der Waals surface area contributed by atoms with Crippen LogP contribution in [0.4, 0.5) is 11.8 Å². The molecule has 6 nitrogen and oxygen atoms in total. The maximum atomic E-state index is 5.73. The van der Waals surface area contributed by atoms with E-state index in [1.54, 1.807) is 7.05 Å². The second-order valence-electron chi connectivity index (χ2n) is 4.32. The number of nitrogen functional groups attached to an aromatic ring is 1. The van der Waals surface area contributed by atoms with Gasteiger partial charge in [0.05, 0.1) is 17.4 Å². The van der Waals surface area contributed by atoms with Gasteiger partial charge in [-0.3, -0.25) is 5.10 Å². The summed E-state index contributed by atoms with van der Waals surface area (Å²) < 4.78 is 0. The van der Waals surface area contributed by atoms with Crippen molar-refractivity contribution in [2.75, 3.05) is 18.1 Å². The summed E-state index contributed by atoms with van der Waals surface area (Å²) in [5.41, 5.74) is 9.69. The number of rotatable bonds is 2. The first-order valence-corrected chi connectivity index (χ1v) is 5.94. The molecule has 0 unspecified atom stereocenters. The Morgan fingerprint density at radius 3 is 2.89 bits per heavy atom. The number of benzene rings is 1. The molecule has 0 aliphatic rings. The van der Waals surface area contributed by atoms with E-state index in [4.69, 9.17) is 5.73 Å². The Hall–Kier alpha value is -2.63. The summed E-state index contributed by atoms with van der Waals surface area (Å²) in [6.45, 7) is 2.05. The van der Waals surface area contributed by atoms with Gasteiger partial charge in [0.2, 0.25) is 5.95 Å². The highest BCUT2D eigenvalue weighted by molar-refractivity contribution is 5.88. The zero-order chi connectivity index (χ0) is 13.4. The fraction of sp³-hybridized carbons (Fsp3) is 0.154. The maximum absolute atomic E-state index is 5.73. The number of hydrogen-bond acceptors (Lipinski definition) is 5. The van der Waals surface area contributed by atoms with Crippen LogP contribution in [0.15, 0.2) is 24.4 Å². The molecule has 0 aliphatic heterocycles. The van der Waals surface area contributed by atoms with Crippen molar-refractivity contribution >= 4 is 22.7 Å². The highest BCUT2D eigenvalue weighted by atomic mass is 15.1. The average molecular weight is 254 g/mol. The van der Waals surface area contributed by atoms with Gasteiger partial charge in [0.15, 0.2) is 0 Å². The Labute approximate surface area is 110 Å². The van der Waals surface area contributed by atoms with Gasteiger partial charge in [0.1, 0.15) is 5.82 Å². The largest absolute Gasteiger partial charge is 0.373 e. The van der Waals surface area contributed by atoms with E-state index in [0.29, 0.717) is 5.82 Å². The lowest BCUT2D eigenvalue weighted by Gasteiger charge is -2.08. The number of aromatic nitrogens is 4. The number of nitrogens with zero attached hydrogens (tertiary/aromatic N) is 3. The van der Waals surface area contributed by atoms with Gasteiger partial charge >= 0.3 is 0 Å². The zero-order valence-corrected chi connectivity index (χ0v) is 10.7. The van der Waals surface area contributed by atoms with E-state index in [9.17, 15) is 0 Å². The third kappa shape index (κ3) is 1.87. The van der Waals surface area contributed by atoms with Gasteiger partial charge in [0.25, 0.3) is 0 Å². The first-order valence-electron chi connectivity index (χ1n) is 5.94. The van der Waals surface area contributed by atoms with Crippen LogP contribution in [0, 0.1) is 6.92 Å². The molecule has 0 bridgehead atoms. The van der Waals surface area contributed by atoms with Crippen LogP contribution in [-0.4, -0.2) is 27.2 Å². The monoisotopic (exact) mass is 254 g/mol. The van der Waals surface area contributed by atoms with Gasteiger partial charge in [0, 0.05) is 24.1 Å². The van der Waals surface area contributed by atoms with E-state index in [-0.39, 0.29) is 5.95 Å². The summed E-state index contributed by atoms with van der Waals surface area (Å²) in [5.74, 6) is 0.961. The number of hydrogen-bond donors (Lipinski definition) is 3. The molecule has 3 aromatic rings. The van der Waals surface area contributed by atoms with Gasteiger partial charge in [-0.25, -0.2) is 4.98 Å². The number of H-pyrrole nitrogens is 1. The lowest BCUT2D eigenvalue weighted by Crippen LogP contribution is -2.01. The van der Waals surface area contributed by atoms with Crippen molar-refractivity contribution in [3.63, 3.8) is 0 Å². The van der Waals surface area contributed by atoms with Crippen LogP contribution in [0.25, 0.3) is 22.2 Å². The molecule has 1 aromatic carbocycles. The molecule has 0 saturated heterocycles. The molecular formula is C13H14N6. The van der Waals surface area contributed by atoms with Crippen molar-refractivity contribution in [2.45, 2.75) is 6.92 Å². The van der Waals surface area contributed by atoms with Crippen molar-refractivity contribution in [1.82, 2.24) is 20.2 Å². The topological polar surface area (TPSA) is 92.5 Å². The Kier molecular flexibility index (Phi) is 2.56. The molecule has 19 heavy (non-hydrogen) atoms. The first-order chi connectivity index (χ1) is 9.19. The van der Waals surface area contributed by atoms with E-state index >= 15 is 0 Å². The number of nitrogens with two attached hydrogens (primary N) is 1. The molecular weight excluding hydrogens is 240 g/mol. The predicted octanol–water partition coefficient (Wildman–Crippen LogP) is 1.95.